The van der Waals surface area contributed by atoms with Gasteiger partial charge in [-0.25, -0.2) is 4.98 Å². The monoisotopic (exact) mass is 161 g/mol. The SMILES string of the molecule is C=c1sc2ncccc2c1=C. The van der Waals surface area contributed by atoms with E-state index in [-0.39, 0.29) is 0 Å². The van der Waals surface area contributed by atoms with Crippen LogP contribution in [-0.2, 0) is 0 Å². The van der Waals surface area contributed by atoms with Gasteiger partial charge >= 0.3 is 0 Å². The first-order valence-corrected chi connectivity index (χ1v) is 4.12. The molecule has 0 fully saturated rings. The van der Waals surface area contributed by atoms with Crippen molar-refractivity contribution in [2.75, 3.05) is 0 Å². The molecule has 0 radical (unpaired) electrons. The van der Waals surface area contributed by atoms with Gasteiger partial charge in [-0.1, -0.05) is 13.2 Å². The van der Waals surface area contributed by atoms with Crippen LogP contribution >= 0.6 is 11.3 Å². The topological polar surface area (TPSA) is 12.9 Å². The summed E-state index contributed by atoms with van der Waals surface area (Å²) >= 11 is 1.59. The summed E-state index contributed by atoms with van der Waals surface area (Å²) in [5.74, 6) is 0. The molecule has 0 atom stereocenters. The summed E-state index contributed by atoms with van der Waals surface area (Å²) in [5, 5.41) is 2.14. The van der Waals surface area contributed by atoms with Gasteiger partial charge in [-0.2, -0.15) is 0 Å². The van der Waals surface area contributed by atoms with Crippen LogP contribution in [0.1, 0.15) is 0 Å². The van der Waals surface area contributed by atoms with E-state index < -0.39 is 0 Å². The summed E-state index contributed by atoms with van der Waals surface area (Å²) < 4.78 is 1.01. The lowest BCUT2D eigenvalue weighted by atomic mass is 10.3. The van der Waals surface area contributed by atoms with Gasteiger partial charge < -0.3 is 0 Å². The fourth-order valence-corrected chi connectivity index (χ4v) is 1.91. The van der Waals surface area contributed by atoms with E-state index in [1.165, 1.54) is 0 Å². The highest BCUT2D eigenvalue weighted by Gasteiger charge is 1.96. The molecule has 2 aromatic heterocycles. The molecule has 0 aliphatic carbocycles. The molecule has 0 aromatic carbocycles. The van der Waals surface area contributed by atoms with Gasteiger partial charge in [0.2, 0.25) is 0 Å². The van der Waals surface area contributed by atoms with Crippen molar-refractivity contribution in [2.24, 2.45) is 0 Å². The highest BCUT2D eigenvalue weighted by molar-refractivity contribution is 7.16. The molecule has 54 valence electrons. The average molecular weight is 161 g/mol. The number of thiophene rings is 1. The first-order valence-electron chi connectivity index (χ1n) is 3.30. The van der Waals surface area contributed by atoms with Crippen LogP contribution in [0.25, 0.3) is 23.4 Å². The summed E-state index contributed by atoms with van der Waals surface area (Å²) in [5.41, 5.74) is 0. The van der Waals surface area contributed by atoms with E-state index in [4.69, 9.17) is 0 Å². The number of hydrogen-bond donors (Lipinski definition) is 0. The van der Waals surface area contributed by atoms with Crippen molar-refractivity contribution in [3.63, 3.8) is 0 Å². The highest BCUT2D eigenvalue weighted by atomic mass is 32.1. The van der Waals surface area contributed by atoms with E-state index in [9.17, 15) is 0 Å². The molecule has 1 nitrogen and oxygen atoms in total. The Hall–Kier alpha value is -1.15. The molecule has 0 aliphatic heterocycles. The summed E-state index contributed by atoms with van der Waals surface area (Å²) in [7, 11) is 0. The number of fused-ring (bicyclic) bond motifs is 1. The Morgan fingerprint density at radius 1 is 1.36 bits per heavy atom. The second kappa shape index (κ2) is 2.17. The molecule has 0 amide bonds. The lowest BCUT2D eigenvalue weighted by Gasteiger charge is -1.82. The number of rotatable bonds is 0. The van der Waals surface area contributed by atoms with E-state index in [1.54, 1.807) is 17.5 Å². The molecular formula is C9H7NS. The van der Waals surface area contributed by atoms with Crippen LogP contribution in [0.4, 0.5) is 0 Å². The Kier molecular flexibility index (Phi) is 1.29. The molecule has 0 unspecified atom stereocenters. The molecule has 0 aliphatic rings. The molecule has 0 saturated carbocycles. The third-order valence-corrected chi connectivity index (χ3v) is 2.66. The van der Waals surface area contributed by atoms with E-state index in [0.717, 1.165) is 20.0 Å². The van der Waals surface area contributed by atoms with Gasteiger partial charge in [0.1, 0.15) is 4.83 Å². The van der Waals surface area contributed by atoms with Gasteiger partial charge in [0, 0.05) is 16.1 Å². The van der Waals surface area contributed by atoms with Crippen LogP contribution in [0.3, 0.4) is 0 Å². The maximum absolute atomic E-state index is 4.20. The van der Waals surface area contributed by atoms with Crippen LogP contribution in [0.5, 0.6) is 0 Å². The van der Waals surface area contributed by atoms with Crippen molar-refractivity contribution in [1.82, 2.24) is 4.98 Å². The van der Waals surface area contributed by atoms with Gasteiger partial charge in [0.15, 0.2) is 0 Å². The molecular weight excluding hydrogens is 154 g/mol. The Balaban J connectivity index is 3.17. The minimum absolute atomic E-state index is 1.01. The van der Waals surface area contributed by atoms with Crippen molar-refractivity contribution >= 4 is 34.7 Å². The van der Waals surface area contributed by atoms with Crippen LogP contribution in [0, 0.1) is 0 Å². The van der Waals surface area contributed by atoms with Crippen molar-refractivity contribution in [1.29, 1.82) is 0 Å². The zero-order valence-corrected chi connectivity index (χ0v) is 6.82. The smallest absolute Gasteiger partial charge is 0.124 e. The third-order valence-electron chi connectivity index (χ3n) is 1.65. The predicted molar refractivity (Wildman–Crippen MR) is 49.9 cm³/mol. The van der Waals surface area contributed by atoms with Crippen molar-refractivity contribution in [2.45, 2.75) is 0 Å². The number of aromatic nitrogens is 1. The van der Waals surface area contributed by atoms with Crippen LogP contribution < -0.4 is 9.75 Å². The Bertz CT molecular complexity index is 484. The van der Waals surface area contributed by atoms with Gasteiger partial charge in [-0.3, -0.25) is 0 Å². The Morgan fingerprint density at radius 2 is 2.18 bits per heavy atom. The zero-order chi connectivity index (χ0) is 7.84. The van der Waals surface area contributed by atoms with E-state index in [0.29, 0.717) is 0 Å². The first kappa shape index (κ1) is 6.55. The molecule has 0 spiro atoms. The van der Waals surface area contributed by atoms with Crippen LogP contribution in [0.15, 0.2) is 18.3 Å². The molecule has 0 saturated heterocycles. The fraction of sp³-hybridized carbons (Fsp3) is 0. The molecule has 2 aromatic rings. The van der Waals surface area contributed by atoms with E-state index >= 15 is 0 Å². The van der Waals surface area contributed by atoms with Gasteiger partial charge in [0.25, 0.3) is 0 Å². The zero-order valence-electron chi connectivity index (χ0n) is 6.00. The van der Waals surface area contributed by atoms with Crippen LogP contribution in [0.2, 0.25) is 0 Å². The quantitative estimate of drug-likeness (QED) is 0.564. The molecule has 2 heterocycles. The van der Waals surface area contributed by atoms with E-state index in [1.807, 2.05) is 12.1 Å². The lowest BCUT2D eigenvalue weighted by molar-refractivity contribution is 1.44. The largest absolute Gasteiger partial charge is 0.245 e. The Labute approximate surface area is 68.3 Å². The highest BCUT2D eigenvalue weighted by Crippen LogP contribution is 2.07. The summed E-state index contributed by atoms with van der Waals surface area (Å²) in [6.45, 7) is 7.79. The lowest BCUT2D eigenvalue weighted by Crippen LogP contribution is -2.13. The maximum atomic E-state index is 4.20. The van der Waals surface area contributed by atoms with Gasteiger partial charge in [0.05, 0.1) is 0 Å². The predicted octanol–water partition coefficient (Wildman–Crippen LogP) is 1.12. The third kappa shape index (κ3) is 0.870. The molecule has 2 heteroatoms. The second-order valence-electron chi connectivity index (χ2n) is 2.36. The second-order valence-corrected chi connectivity index (χ2v) is 3.44. The average Bonchev–Trinajstić information content (AvgIpc) is 2.30. The fourth-order valence-electron chi connectivity index (χ4n) is 1.03. The number of hydrogen-bond acceptors (Lipinski definition) is 2. The minimum atomic E-state index is 1.01. The van der Waals surface area contributed by atoms with Crippen LogP contribution in [-0.4, -0.2) is 4.98 Å². The van der Waals surface area contributed by atoms with Crippen molar-refractivity contribution in [3.05, 3.63) is 28.1 Å². The van der Waals surface area contributed by atoms with Gasteiger partial charge in [-0.15, -0.1) is 11.3 Å². The van der Waals surface area contributed by atoms with Crippen molar-refractivity contribution < 1.29 is 0 Å². The normalized spacial score (nSPS) is 10.5. The maximum Gasteiger partial charge on any atom is 0.124 e. The minimum Gasteiger partial charge on any atom is -0.245 e. The Morgan fingerprint density at radius 3 is 2.91 bits per heavy atom. The molecule has 0 bridgehead atoms. The van der Waals surface area contributed by atoms with Crippen molar-refractivity contribution in [3.8, 4) is 0 Å². The molecule has 0 N–H and O–H groups in total. The molecule has 2 rings (SSSR count). The van der Waals surface area contributed by atoms with E-state index in [2.05, 4.69) is 18.1 Å². The standard InChI is InChI=1S/C9H7NS/c1-6-7(2)11-9-8(6)4-3-5-10-9/h3-5H,1-2H2. The van der Waals surface area contributed by atoms with Gasteiger partial charge in [-0.05, 0) is 17.4 Å². The number of nitrogens with zero attached hydrogens (tertiary/aromatic N) is 1. The summed E-state index contributed by atoms with van der Waals surface area (Å²) in [4.78, 5) is 5.23. The summed E-state index contributed by atoms with van der Waals surface area (Å²) in [6, 6.07) is 3.94. The summed E-state index contributed by atoms with van der Waals surface area (Å²) in [6.07, 6.45) is 1.79. The number of pyridine rings is 1. The molecule has 11 heavy (non-hydrogen) atoms. The first-order chi connectivity index (χ1) is 5.29.